The van der Waals surface area contributed by atoms with Gasteiger partial charge in [0.1, 0.15) is 5.82 Å². The molecule has 0 unspecified atom stereocenters. The Morgan fingerprint density at radius 2 is 1.76 bits per heavy atom. The summed E-state index contributed by atoms with van der Waals surface area (Å²) >= 11 is 6.08. The number of methoxy groups -OCH3 is 3. The van der Waals surface area contributed by atoms with Crippen LogP contribution < -0.4 is 24.8 Å². The summed E-state index contributed by atoms with van der Waals surface area (Å²) < 4.78 is 30.0. The topological polar surface area (TPSA) is 64.1 Å². The van der Waals surface area contributed by atoms with Gasteiger partial charge in [-0.25, -0.2) is 9.38 Å². The number of guanidine groups is 1. The average Bonchev–Trinajstić information content (AvgIpc) is 2.73. The average molecular weight is 424 g/mol. The molecular formula is C21H27ClFN3O3. The van der Waals surface area contributed by atoms with Crippen LogP contribution in [0, 0.1) is 5.82 Å². The summed E-state index contributed by atoms with van der Waals surface area (Å²) in [4.78, 5) is 4.58. The number of nitrogens with zero attached hydrogens (tertiary/aromatic N) is 1. The van der Waals surface area contributed by atoms with E-state index in [1.807, 2.05) is 19.1 Å². The van der Waals surface area contributed by atoms with E-state index in [-0.39, 0.29) is 5.82 Å². The van der Waals surface area contributed by atoms with Crippen LogP contribution in [0.25, 0.3) is 0 Å². The molecule has 2 N–H and O–H groups in total. The van der Waals surface area contributed by atoms with E-state index < -0.39 is 0 Å². The number of benzene rings is 2. The molecule has 0 aliphatic heterocycles. The van der Waals surface area contributed by atoms with Gasteiger partial charge in [0.2, 0.25) is 5.75 Å². The predicted octanol–water partition coefficient (Wildman–Crippen LogP) is 3.80. The zero-order valence-corrected chi connectivity index (χ0v) is 17.9. The Kier molecular flexibility index (Phi) is 8.86. The van der Waals surface area contributed by atoms with Gasteiger partial charge in [0.25, 0.3) is 0 Å². The molecule has 0 heterocycles. The normalized spacial score (nSPS) is 11.2. The summed E-state index contributed by atoms with van der Waals surface area (Å²) in [5, 5.41) is 6.80. The van der Waals surface area contributed by atoms with Gasteiger partial charge in [0.05, 0.1) is 27.9 Å². The van der Waals surface area contributed by atoms with Gasteiger partial charge in [-0.1, -0.05) is 17.7 Å². The number of ether oxygens (including phenoxy) is 3. The van der Waals surface area contributed by atoms with Gasteiger partial charge in [0.15, 0.2) is 17.5 Å². The molecule has 158 valence electrons. The molecular weight excluding hydrogens is 397 g/mol. The molecule has 0 aliphatic carbocycles. The van der Waals surface area contributed by atoms with Crippen LogP contribution in [0.5, 0.6) is 17.2 Å². The SMILES string of the molecule is CCNC(=NCc1cc(OC)c(OC)c(OC)c1)NCCc1c(F)cccc1Cl. The molecule has 0 fully saturated rings. The van der Waals surface area contributed by atoms with Crippen molar-refractivity contribution < 1.29 is 18.6 Å². The molecule has 0 aromatic heterocycles. The van der Waals surface area contributed by atoms with E-state index in [2.05, 4.69) is 15.6 Å². The summed E-state index contributed by atoms with van der Waals surface area (Å²) in [6, 6.07) is 8.40. The number of halogens is 2. The van der Waals surface area contributed by atoms with E-state index in [1.165, 1.54) is 6.07 Å². The number of aliphatic imine (C=N–C) groups is 1. The summed E-state index contributed by atoms with van der Waals surface area (Å²) in [6.07, 6.45) is 0.445. The van der Waals surface area contributed by atoms with Crippen molar-refractivity contribution >= 4 is 17.6 Å². The fraction of sp³-hybridized carbons (Fsp3) is 0.381. The van der Waals surface area contributed by atoms with Crippen molar-refractivity contribution in [2.45, 2.75) is 19.9 Å². The van der Waals surface area contributed by atoms with Crippen LogP contribution in [-0.4, -0.2) is 40.4 Å². The fourth-order valence-corrected chi connectivity index (χ4v) is 3.07. The summed E-state index contributed by atoms with van der Waals surface area (Å²) in [5.41, 5.74) is 1.39. The molecule has 0 atom stereocenters. The molecule has 0 spiro atoms. The highest BCUT2D eigenvalue weighted by atomic mass is 35.5. The highest BCUT2D eigenvalue weighted by Gasteiger charge is 2.13. The Balaban J connectivity index is 2.09. The van der Waals surface area contributed by atoms with Gasteiger partial charge in [-0.2, -0.15) is 0 Å². The van der Waals surface area contributed by atoms with Gasteiger partial charge < -0.3 is 24.8 Å². The summed E-state index contributed by atoms with van der Waals surface area (Å²) in [5.74, 6) is 2.00. The quantitative estimate of drug-likeness (QED) is 0.474. The molecule has 2 aromatic rings. The third kappa shape index (κ3) is 6.15. The smallest absolute Gasteiger partial charge is 0.203 e. The van der Waals surface area contributed by atoms with Crippen LogP contribution in [0.3, 0.4) is 0 Å². The van der Waals surface area contributed by atoms with Crippen LogP contribution in [0.2, 0.25) is 5.02 Å². The van der Waals surface area contributed by atoms with Crippen molar-refractivity contribution in [3.8, 4) is 17.2 Å². The Bertz CT molecular complexity index is 801. The molecule has 0 saturated carbocycles. The first-order valence-electron chi connectivity index (χ1n) is 9.27. The molecule has 0 radical (unpaired) electrons. The van der Waals surface area contributed by atoms with Crippen molar-refractivity contribution in [2.24, 2.45) is 4.99 Å². The van der Waals surface area contributed by atoms with Crippen molar-refractivity contribution in [2.75, 3.05) is 34.4 Å². The third-order valence-electron chi connectivity index (χ3n) is 4.22. The molecule has 6 nitrogen and oxygen atoms in total. The minimum Gasteiger partial charge on any atom is -0.493 e. The molecule has 2 rings (SSSR count). The van der Waals surface area contributed by atoms with Crippen molar-refractivity contribution in [3.63, 3.8) is 0 Å². The lowest BCUT2D eigenvalue weighted by molar-refractivity contribution is 0.324. The van der Waals surface area contributed by atoms with Crippen molar-refractivity contribution in [3.05, 3.63) is 52.3 Å². The van der Waals surface area contributed by atoms with Crippen LogP contribution in [0.4, 0.5) is 4.39 Å². The maximum atomic E-state index is 13.9. The maximum absolute atomic E-state index is 13.9. The van der Waals surface area contributed by atoms with E-state index in [1.54, 1.807) is 33.5 Å². The van der Waals surface area contributed by atoms with Gasteiger partial charge in [-0.15, -0.1) is 0 Å². The van der Waals surface area contributed by atoms with Crippen LogP contribution in [0.1, 0.15) is 18.1 Å². The highest BCUT2D eigenvalue weighted by Crippen LogP contribution is 2.38. The predicted molar refractivity (Wildman–Crippen MR) is 114 cm³/mol. The molecule has 0 saturated heterocycles. The number of rotatable bonds is 9. The Labute approximate surface area is 176 Å². The van der Waals surface area contributed by atoms with E-state index >= 15 is 0 Å². The van der Waals surface area contributed by atoms with E-state index in [9.17, 15) is 4.39 Å². The first kappa shape index (κ1) is 22.6. The first-order chi connectivity index (χ1) is 14.0. The minimum atomic E-state index is -0.307. The van der Waals surface area contributed by atoms with Gasteiger partial charge >= 0.3 is 0 Å². The second-order valence-corrected chi connectivity index (χ2v) is 6.51. The van der Waals surface area contributed by atoms with Crippen molar-refractivity contribution in [1.82, 2.24) is 10.6 Å². The monoisotopic (exact) mass is 423 g/mol. The minimum absolute atomic E-state index is 0.307. The second kappa shape index (κ2) is 11.4. The lowest BCUT2D eigenvalue weighted by Gasteiger charge is -2.14. The summed E-state index contributed by atoms with van der Waals surface area (Å²) in [6.45, 7) is 3.56. The molecule has 0 amide bonds. The van der Waals surface area contributed by atoms with Gasteiger partial charge in [0, 0.05) is 23.7 Å². The van der Waals surface area contributed by atoms with Crippen molar-refractivity contribution in [1.29, 1.82) is 0 Å². The lowest BCUT2D eigenvalue weighted by Crippen LogP contribution is -2.38. The fourth-order valence-electron chi connectivity index (χ4n) is 2.82. The van der Waals surface area contributed by atoms with E-state index in [4.69, 9.17) is 25.8 Å². The highest BCUT2D eigenvalue weighted by molar-refractivity contribution is 6.31. The maximum Gasteiger partial charge on any atom is 0.203 e. The first-order valence-corrected chi connectivity index (χ1v) is 9.65. The van der Waals surface area contributed by atoms with E-state index in [0.29, 0.717) is 59.8 Å². The molecule has 29 heavy (non-hydrogen) atoms. The van der Waals surface area contributed by atoms with Gasteiger partial charge in [-0.05, 0) is 43.2 Å². The van der Waals surface area contributed by atoms with Crippen LogP contribution in [0.15, 0.2) is 35.3 Å². The molecule has 0 aliphatic rings. The third-order valence-corrected chi connectivity index (χ3v) is 4.57. The summed E-state index contributed by atoms with van der Waals surface area (Å²) in [7, 11) is 4.71. The number of hydrogen-bond acceptors (Lipinski definition) is 4. The van der Waals surface area contributed by atoms with Crippen LogP contribution in [-0.2, 0) is 13.0 Å². The van der Waals surface area contributed by atoms with E-state index in [0.717, 1.165) is 5.56 Å². The standard InChI is InChI=1S/C21H27ClFN3O3/c1-5-24-21(25-10-9-15-16(22)7-6-8-17(15)23)26-13-14-11-18(27-2)20(29-4)19(12-14)28-3/h6-8,11-12H,5,9-10,13H2,1-4H3,(H2,24,25,26). The molecule has 0 bridgehead atoms. The molecule has 2 aromatic carbocycles. The Morgan fingerprint density at radius 1 is 1.07 bits per heavy atom. The lowest BCUT2D eigenvalue weighted by atomic mass is 10.1. The zero-order chi connectivity index (χ0) is 21.2. The zero-order valence-electron chi connectivity index (χ0n) is 17.1. The van der Waals surface area contributed by atoms with Gasteiger partial charge in [-0.3, -0.25) is 0 Å². The largest absolute Gasteiger partial charge is 0.493 e. The van der Waals surface area contributed by atoms with Crippen LogP contribution >= 0.6 is 11.6 Å². The Hall–Kier alpha value is -2.67. The number of nitrogens with one attached hydrogen (secondary N) is 2. The second-order valence-electron chi connectivity index (χ2n) is 6.11. The number of hydrogen-bond donors (Lipinski definition) is 2. The molecule has 8 heteroatoms. The Morgan fingerprint density at radius 3 is 2.31 bits per heavy atom.